The van der Waals surface area contributed by atoms with Gasteiger partial charge in [-0.2, -0.15) is 0 Å². The monoisotopic (exact) mass is 390 g/mol. The lowest BCUT2D eigenvalue weighted by atomic mass is 10.2. The van der Waals surface area contributed by atoms with Gasteiger partial charge in [-0.1, -0.05) is 18.2 Å². The van der Waals surface area contributed by atoms with Gasteiger partial charge in [0, 0.05) is 9.37 Å². The van der Waals surface area contributed by atoms with Crippen LogP contribution in [0.3, 0.4) is 0 Å². The molecule has 0 unspecified atom stereocenters. The van der Waals surface area contributed by atoms with Crippen molar-refractivity contribution < 1.29 is 9.59 Å². The minimum Gasteiger partial charge on any atom is -0.324 e. The number of aryl methyl sites for hydroxylation is 1. The number of halogens is 1. The van der Waals surface area contributed by atoms with Gasteiger partial charge in [-0.05, 0) is 52.7 Å². The van der Waals surface area contributed by atoms with Gasteiger partial charge < -0.3 is 10.2 Å². The van der Waals surface area contributed by atoms with E-state index in [2.05, 4.69) is 21.2 Å². The Kier molecular flexibility index (Phi) is 4.73. The molecule has 118 valence electrons. The van der Waals surface area contributed by atoms with Crippen LogP contribution in [0.25, 0.3) is 0 Å². The van der Waals surface area contributed by atoms with E-state index in [1.165, 1.54) is 11.8 Å². The largest absolute Gasteiger partial charge is 0.324 e. The number of hydrogen-bond acceptors (Lipinski definition) is 3. The molecular weight excluding hydrogens is 376 g/mol. The molecule has 1 aliphatic heterocycles. The molecule has 0 aromatic heterocycles. The van der Waals surface area contributed by atoms with Gasteiger partial charge in [0.1, 0.15) is 6.54 Å². The van der Waals surface area contributed by atoms with Crippen molar-refractivity contribution in [3.8, 4) is 0 Å². The van der Waals surface area contributed by atoms with Crippen LogP contribution in [0.15, 0.2) is 51.8 Å². The number of para-hydroxylation sites is 1. The molecule has 2 aromatic rings. The highest BCUT2D eigenvalue weighted by Gasteiger charge is 2.26. The Bertz CT molecular complexity index is 779. The Morgan fingerprint density at radius 1 is 1.30 bits per heavy atom. The van der Waals surface area contributed by atoms with Gasteiger partial charge in [0.2, 0.25) is 11.8 Å². The topological polar surface area (TPSA) is 49.4 Å². The third-order valence-electron chi connectivity index (χ3n) is 3.51. The van der Waals surface area contributed by atoms with Crippen molar-refractivity contribution in [2.45, 2.75) is 11.8 Å². The van der Waals surface area contributed by atoms with Crippen LogP contribution in [-0.2, 0) is 9.59 Å². The van der Waals surface area contributed by atoms with E-state index >= 15 is 0 Å². The number of hydrogen-bond donors (Lipinski definition) is 1. The molecule has 1 N–H and O–H groups in total. The van der Waals surface area contributed by atoms with Crippen LogP contribution < -0.4 is 10.2 Å². The second-order valence-electron chi connectivity index (χ2n) is 5.27. The minimum atomic E-state index is -0.218. The lowest BCUT2D eigenvalue weighted by Gasteiger charge is -2.28. The third kappa shape index (κ3) is 3.59. The first-order valence-electron chi connectivity index (χ1n) is 7.13. The zero-order valence-electron chi connectivity index (χ0n) is 12.5. The second-order valence-corrected chi connectivity index (χ2v) is 7.14. The van der Waals surface area contributed by atoms with E-state index < -0.39 is 0 Å². The summed E-state index contributed by atoms with van der Waals surface area (Å²) in [6, 6.07) is 13.4. The van der Waals surface area contributed by atoms with Gasteiger partial charge in [0.15, 0.2) is 0 Å². The summed E-state index contributed by atoms with van der Waals surface area (Å²) in [5.74, 6) is 0.0924. The highest BCUT2D eigenvalue weighted by Crippen LogP contribution is 2.34. The number of anilines is 2. The van der Waals surface area contributed by atoms with Crippen LogP contribution in [0.5, 0.6) is 0 Å². The van der Waals surface area contributed by atoms with Crippen molar-refractivity contribution in [1.82, 2.24) is 0 Å². The lowest BCUT2D eigenvalue weighted by Crippen LogP contribution is -2.41. The molecule has 0 radical (unpaired) electrons. The van der Waals surface area contributed by atoms with E-state index in [9.17, 15) is 9.59 Å². The van der Waals surface area contributed by atoms with Crippen LogP contribution in [0, 0.1) is 6.92 Å². The first-order valence-corrected chi connectivity index (χ1v) is 8.90. The Morgan fingerprint density at radius 3 is 2.87 bits per heavy atom. The number of rotatable bonds is 3. The van der Waals surface area contributed by atoms with Gasteiger partial charge in [0.05, 0.1) is 17.1 Å². The van der Waals surface area contributed by atoms with Gasteiger partial charge in [-0.15, -0.1) is 11.8 Å². The number of benzene rings is 2. The van der Waals surface area contributed by atoms with Gasteiger partial charge in [-0.25, -0.2) is 0 Å². The lowest BCUT2D eigenvalue weighted by molar-refractivity contribution is -0.120. The van der Waals surface area contributed by atoms with Crippen molar-refractivity contribution in [3.05, 3.63) is 52.5 Å². The molecule has 0 saturated carbocycles. The molecule has 0 aliphatic carbocycles. The van der Waals surface area contributed by atoms with Gasteiger partial charge in [0.25, 0.3) is 0 Å². The van der Waals surface area contributed by atoms with Crippen molar-refractivity contribution in [2.24, 2.45) is 0 Å². The summed E-state index contributed by atoms with van der Waals surface area (Å²) < 4.78 is 0.826. The van der Waals surface area contributed by atoms with Crippen LogP contribution in [0.2, 0.25) is 0 Å². The molecule has 0 spiro atoms. The summed E-state index contributed by atoms with van der Waals surface area (Å²) in [7, 11) is 0. The molecular formula is C17H15BrN2O2S. The smallest absolute Gasteiger partial charge is 0.244 e. The van der Waals surface area contributed by atoms with Crippen LogP contribution in [0.1, 0.15) is 5.56 Å². The Balaban J connectivity index is 1.76. The number of fused-ring (bicyclic) bond motifs is 1. The number of thioether (sulfide) groups is 1. The fraction of sp³-hybridized carbons (Fsp3) is 0.176. The number of amides is 2. The number of carbonyl (C=O) groups is 2. The highest BCUT2D eigenvalue weighted by molar-refractivity contribution is 9.10. The Morgan fingerprint density at radius 2 is 2.09 bits per heavy atom. The molecule has 0 atom stereocenters. The standard InChI is InChI=1S/C17H15BrN2O2S/c1-11-6-7-13(12(18)8-11)19-16(21)9-20-14-4-2-3-5-15(14)23-10-17(20)22/h2-8H,9-10H2,1H3,(H,19,21). The molecule has 23 heavy (non-hydrogen) atoms. The summed E-state index contributed by atoms with van der Waals surface area (Å²) in [4.78, 5) is 27.1. The van der Waals surface area contributed by atoms with Crippen molar-refractivity contribution in [3.63, 3.8) is 0 Å². The molecule has 0 bridgehead atoms. The Labute approximate surface area is 147 Å². The predicted octanol–water partition coefficient (Wildman–Crippen LogP) is 3.83. The molecule has 1 aliphatic rings. The average molecular weight is 391 g/mol. The van der Waals surface area contributed by atoms with Crippen molar-refractivity contribution in [1.29, 1.82) is 0 Å². The maximum Gasteiger partial charge on any atom is 0.244 e. The summed E-state index contributed by atoms with van der Waals surface area (Å²) in [6.45, 7) is 1.99. The van der Waals surface area contributed by atoms with E-state index in [4.69, 9.17) is 0 Å². The number of nitrogens with zero attached hydrogens (tertiary/aromatic N) is 1. The maximum absolute atomic E-state index is 12.3. The SMILES string of the molecule is Cc1ccc(NC(=O)CN2C(=O)CSc3ccccc32)c(Br)c1. The van der Waals surface area contributed by atoms with Crippen LogP contribution in [0.4, 0.5) is 11.4 Å². The molecule has 0 saturated heterocycles. The van der Waals surface area contributed by atoms with Gasteiger partial charge in [-0.3, -0.25) is 9.59 Å². The first-order chi connectivity index (χ1) is 11.0. The molecule has 1 heterocycles. The fourth-order valence-electron chi connectivity index (χ4n) is 2.38. The summed E-state index contributed by atoms with van der Waals surface area (Å²) >= 11 is 4.95. The van der Waals surface area contributed by atoms with Crippen LogP contribution >= 0.6 is 27.7 Å². The van der Waals surface area contributed by atoms with E-state index in [1.807, 2.05) is 49.4 Å². The fourth-order valence-corrected chi connectivity index (χ4v) is 3.91. The summed E-state index contributed by atoms with van der Waals surface area (Å²) in [5, 5.41) is 2.85. The Hall–Kier alpha value is -1.79. The molecule has 6 heteroatoms. The van der Waals surface area contributed by atoms with E-state index in [-0.39, 0.29) is 18.4 Å². The zero-order valence-corrected chi connectivity index (χ0v) is 14.9. The normalized spacial score (nSPS) is 13.7. The second kappa shape index (κ2) is 6.76. The molecule has 2 amide bonds. The summed E-state index contributed by atoms with van der Waals surface area (Å²) in [6.07, 6.45) is 0. The summed E-state index contributed by atoms with van der Waals surface area (Å²) in [5.41, 5.74) is 2.60. The maximum atomic E-state index is 12.3. The minimum absolute atomic E-state index is 0.0106. The molecule has 2 aromatic carbocycles. The predicted molar refractivity (Wildman–Crippen MR) is 97.0 cm³/mol. The first kappa shape index (κ1) is 16.1. The number of nitrogens with one attached hydrogen (secondary N) is 1. The van der Waals surface area contributed by atoms with E-state index in [1.54, 1.807) is 4.90 Å². The van der Waals surface area contributed by atoms with E-state index in [0.717, 1.165) is 20.6 Å². The quantitative estimate of drug-likeness (QED) is 0.865. The third-order valence-corrected chi connectivity index (χ3v) is 5.21. The van der Waals surface area contributed by atoms with Crippen molar-refractivity contribution in [2.75, 3.05) is 22.5 Å². The molecule has 4 nitrogen and oxygen atoms in total. The zero-order chi connectivity index (χ0) is 16.4. The molecule has 3 rings (SSSR count). The van der Waals surface area contributed by atoms with E-state index in [0.29, 0.717) is 11.4 Å². The van der Waals surface area contributed by atoms with Crippen molar-refractivity contribution >= 4 is 50.9 Å². The van der Waals surface area contributed by atoms with Gasteiger partial charge >= 0.3 is 0 Å². The highest BCUT2D eigenvalue weighted by atomic mass is 79.9. The number of carbonyl (C=O) groups excluding carboxylic acids is 2. The average Bonchev–Trinajstić information content (AvgIpc) is 2.53. The van der Waals surface area contributed by atoms with Crippen LogP contribution in [-0.4, -0.2) is 24.1 Å². The molecule has 0 fully saturated rings.